The number of amides is 1. The van der Waals surface area contributed by atoms with E-state index in [0.29, 0.717) is 5.69 Å². The third-order valence-electron chi connectivity index (χ3n) is 5.20. The number of esters is 1. The lowest BCUT2D eigenvalue weighted by Gasteiger charge is -2.23. The summed E-state index contributed by atoms with van der Waals surface area (Å²) in [5.74, 6) is -0.525. The summed E-state index contributed by atoms with van der Waals surface area (Å²) >= 11 is 0. The molecule has 3 fully saturated rings. The molecular formula is C16H17NO4. The van der Waals surface area contributed by atoms with Gasteiger partial charge in [-0.3, -0.25) is 9.59 Å². The summed E-state index contributed by atoms with van der Waals surface area (Å²) in [4.78, 5) is 24.5. The van der Waals surface area contributed by atoms with Crippen LogP contribution in [0, 0.1) is 30.6 Å². The average molecular weight is 287 g/mol. The van der Waals surface area contributed by atoms with Gasteiger partial charge < -0.3 is 15.2 Å². The van der Waals surface area contributed by atoms with E-state index in [1.54, 1.807) is 18.2 Å². The van der Waals surface area contributed by atoms with Crippen LogP contribution in [-0.2, 0) is 14.3 Å². The highest BCUT2D eigenvalue weighted by molar-refractivity contribution is 5.97. The monoisotopic (exact) mass is 287 g/mol. The van der Waals surface area contributed by atoms with E-state index in [2.05, 4.69) is 5.32 Å². The van der Waals surface area contributed by atoms with Gasteiger partial charge in [-0.2, -0.15) is 0 Å². The maximum absolute atomic E-state index is 12.6. The fourth-order valence-electron chi connectivity index (χ4n) is 4.33. The van der Waals surface area contributed by atoms with Crippen LogP contribution in [0.15, 0.2) is 18.2 Å². The highest BCUT2D eigenvalue weighted by Crippen LogP contribution is 2.57. The van der Waals surface area contributed by atoms with Crippen molar-refractivity contribution in [1.82, 2.24) is 0 Å². The number of anilines is 1. The number of carbonyl (C=O) groups is 2. The highest BCUT2D eigenvalue weighted by Gasteiger charge is 2.63. The first-order valence-corrected chi connectivity index (χ1v) is 7.35. The van der Waals surface area contributed by atoms with Gasteiger partial charge in [0.05, 0.1) is 17.5 Å². The van der Waals surface area contributed by atoms with Gasteiger partial charge in [-0.05, 0) is 43.4 Å². The van der Waals surface area contributed by atoms with Gasteiger partial charge in [0, 0.05) is 5.92 Å². The minimum absolute atomic E-state index is 0.0314. The second kappa shape index (κ2) is 4.23. The summed E-state index contributed by atoms with van der Waals surface area (Å²) in [6.07, 6.45) is 1.73. The first-order chi connectivity index (χ1) is 10.0. The van der Waals surface area contributed by atoms with E-state index in [1.165, 1.54) is 0 Å². The van der Waals surface area contributed by atoms with Crippen molar-refractivity contribution in [2.75, 3.05) is 5.32 Å². The van der Waals surface area contributed by atoms with Crippen molar-refractivity contribution in [3.63, 3.8) is 0 Å². The Bertz CT molecular complexity index is 639. The Morgan fingerprint density at radius 1 is 1.38 bits per heavy atom. The third-order valence-corrected chi connectivity index (χ3v) is 5.20. The summed E-state index contributed by atoms with van der Waals surface area (Å²) in [5, 5.41) is 12.6. The lowest BCUT2D eigenvalue weighted by atomic mass is 9.79. The largest absolute Gasteiger partial charge is 0.506 e. The number of aryl methyl sites for hydroxylation is 1. The van der Waals surface area contributed by atoms with Crippen LogP contribution in [-0.4, -0.2) is 23.1 Å². The average Bonchev–Trinajstić information content (AvgIpc) is 3.03. The number of fused-ring (bicyclic) bond motifs is 1. The summed E-state index contributed by atoms with van der Waals surface area (Å²) in [6, 6.07) is 5.07. The van der Waals surface area contributed by atoms with E-state index in [1.807, 2.05) is 6.92 Å². The van der Waals surface area contributed by atoms with Crippen LogP contribution in [0.1, 0.15) is 18.4 Å². The molecule has 5 heteroatoms. The highest BCUT2D eigenvalue weighted by atomic mass is 16.6. The molecule has 5 nitrogen and oxygen atoms in total. The Hall–Kier alpha value is -2.04. The van der Waals surface area contributed by atoms with Gasteiger partial charge in [-0.15, -0.1) is 0 Å². The molecule has 2 aliphatic carbocycles. The summed E-state index contributed by atoms with van der Waals surface area (Å²) < 4.78 is 5.34. The Kier molecular flexibility index (Phi) is 2.55. The van der Waals surface area contributed by atoms with Crippen LogP contribution in [0.4, 0.5) is 5.69 Å². The number of ether oxygens (including phenoxy) is 1. The molecule has 1 amide bonds. The lowest BCUT2D eigenvalue weighted by Crippen LogP contribution is -2.35. The van der Waals surface area contributed by atoms with Crippen LogP contribution < -0.4 is 5.32 Å². The number of phenols is 1. The molecule has 21 heavy (non-hydrogen) atoms. The minimum atomic E-state index is -0.318. The maximum atomic E-state index is 12.6. The molecule has 5 atom stereocenters. The Morgan fingerprint density at radius 3 is 3.00 bits per heavy atom. The number of nitrogens with one attached hydrogen (secondary N) is 1. The van der Waals surface area contributed by atoms with Crippen molar-refractivity contribution in [2.45, 2.75) is 25.9 Å². The number of hydrogen-bond donors (Lipinski definition) is 2. The van der Waals surface area contributed by atoms with Crippen molar-refractivity contribution < 1.29 is 19.4 Å². The molecule has 0 unspecified atom stereocenters. The van der Waals surface area contributed by atoms with Gasteiger partial charge in [-0.1, -0.05) is 6.07 Å². The summed E-state index contributed by atoms with van der Waals surface area (Å²) in [6.45, 7) is 1.89. The standard InChI is InChI=1S/C16H17NO4/c1-7-2-3-11(18)10(4-7)17-15(19)13-8-5-9-12(6-8)21-16(20)14(9)13/h2-4,8-9,12-14,18H,5-6H2,1H3,(H,17,19)/t8-,9+,12+,13-,14+/m1/s1. The van der Waals surface area contributed by atoms with Crippen LogP contribution in [0.5, 0.6) is 5.75 Å². The van der Waals surface area contributed by atoms with Gasteiger partial charge in [-0.25, -0.2) is 0 Å². The van der Waals surface area contributed by atoms with Gasteiger partial charge >= 0.3 is 5.97 Å². The maximum Gasteiger partial charge on any atom is 0.310 e. The molecule has 0 spiro atoms. The fourth-order valence-corrected chi connectivity index (χ4v) is 4.33. The van der Waals surface area contributed by atoms with Crippen molar-refractivity contribution >= 4 is 17.6 Å². The van der Waals surface area contributed by atoms with Gasteiger partial charge in [0.2, 0.25) is 5.91 Å². The molecule has 4 rings (SSSR count). The predicted octanol–water partition coefficient (Wildman–Crippen LogP) is 1.84. The molecule has 0 radical (unpaired) electrons. The first kappa shape index (κ1) is 12.7. The van der Waals surface area contributed by atoms with E-state index < -0.39 is 0 Å². The molecule has 0 aromatic heterocycles. The predicted molar refractivity (Wildman–Crippen MR) is 74.5 cm³/mol. The molecule has 2 saturated carbocycles. The number of aromatic hydroxyl groups is 1. The lowest BCUT2D eigenvalue weighted by molar-refractivity contribution is -0.145. The summed E-state index contributed by atoms with van der Waals surface area (Å²) in [5.41, 5.74) is 1.36. The molecule has 2 N–H and O–H groups in total. The summed E-state index contributed by atoms with van der Waals surface area (Å²) in [7, 11) is 0. The van der Waals surface area contributed by atoms with E-state index >= 15 is 0 Å². The number of benzene rings is 1. The van der Waals surface area contributed by atoms with E-state index in [0.717, 1.165) is 18.4 Å². The van der Waals surface area contributed by atoms with Crippen LogP contribution >= 0.6 is 0 Å². The van der Waals surface area contributed by atoms with E-state index in [9.17, 15) is 14.7 Å². The number of carbonyl (C=O) groups excluding carboxylic acids is 2. The Morgan fingerprint density at radius 2 is 2.19 bits per heavy atom. The van der Waals surface area contributed by atoms with Crippen molar-refractivity contribution in [3.05, 3.63) is 23.8 Å². The second-order valence-electron chi connectivity index (χ2n) is 6.43. The first-order valence-electron chi connectivity index (χ1n) is 7.35. The Labute approximate surface area is 122 Å². The second-order valence-corrected chi connectivity index (χ2v) is 6.43. The Balaban J connectivity index is 1.58. The number of rotatable bonds is 2. The molecule has 110 valence electrons. The smallest absolute Gasteiger partial charge is 0.310 e. The molecule has 1 aromatic rings. The molecule has 3 aliphatic rings. The van der Waals surface area contributed by atoms with Crippen molar-refractivity contribution in [1.29, 1.82) is 0 Å². The molecule has 1 heterocycles. The normalized spacial score (nSPS) is 35.9. The SMILES string of the molecule is Cc1ccc(O)c(NC(=O)[C@@H]2[C@@H]3C[C@@H]4[C@@H]2C(=O)O[C@H]4C3)c1. The van der Waals surface area contributed by atoms with E-state index in [4.69, 9.17) is 4.74 Å². The van der Waals surface area contributed by atoms with Crippen LogP contribution in [0.25, 0.3) is 0 Å². The molecule has 2 bridgehead atoms. The fraction of sp³-hybridized carbons (Fsp3) is 0.500. The van der Waals surface area contributed by atoms with E-state index in [-0.39, 0.29) is 47.4 Å². The van der Waals surface area contributed by atoms with Gasteiger partial charge in [0.15, 0.2) is 0 Å². The number of hydrogen-bond acceptors (Lipinski definition) is 4. The molecule has 1 aliphatic heterocycles. The van der Waals surface area contributed by atoms with Crippen LogP contribution in [0.3, 0.4) is 0 Å². The molecule has 1 saturated heterocycles. The third kappa shape index (κ3) is 1.76. The quantitative estimate of drug-likeness (QED) is 0.643. The zero-order valence-electron chi connectivity index (χ0n) is 11.7. The zero-order chi connectivity index (χ0) is 14.7. The van der Waals surface area contributed by atoms with Gasteiger partial charge in [0.1, 0.15) is 11.9 Å². The van der Waals surface area contributed by atoms with Gasteiger partial charge in [0.25, 0.3) is 0 Å². The minimum Gasteiger partial charge on any atom is -0.506 e. The molecule has 1 aromatic carbocycles. The topological polar surface area (TPSA) is 75.6 Å². The van der Waals surface area contributed by atoms with Crippen LogP contribution in [0.2, 0.25) is 0 Å². The molecular weight excluding hydrogens is 270 g/mol. The number of phenolic OH excluding ortho intramolecular Hbond substituents is 1. The zero-order valence-corrected chi connectivity index (χ0v) is 11.7. The van der Waals surface area contributed by atoms with Crippen molar-refractivity contribution in [3.8, 4) is 5.75 Å². The van der Waals surface area contributed by atoms with Crippen molar-refractivity contribution in [2.24, 2.45) is 23.7 Å².